The molecule has 0 aliphatic carbocycles. The number of nitrogens with zero attached hydrogens (tertiary/aromatic N) is 4. The van der Waals surface area contributed by atoms with Crippen molar-refractivity contribution in [2.75, 3.05) is 12.4 Å². The summed E-state index contributed by atoms with van der Waals surface area (Å²) < 4.78 is 6.89. The van der Waals surface area contributed by atoms with Crippen LogP contribution in [0.4, 0.5) is 5.69 Å². The number of hydrogen-bond donors (Lipinski definition) is 1. The van der Waals surface area contributed by atoms with Gasteiger partial charge in [-0.25, -0.2) is 15.0 Å². The van der Waals surface area contributed by atoms with Crippen molar-refractivity contribution in [3.8, 4) is 17.0 Å². The molecule has 0 unspecified atom stereocenters. The Hall–Kier alpha value is -3.74. The summed E-state index contributed by atoms with van der Waals surface area (Å²) in [4.78, 5) is 25.7. The Morgan fingerprint density at radius 3 is 2.64 bits per heavy atom. The summed E-state index contributed by atoms with van der Waals surface area (Å²) in [6, 6.07) is 11.3. The number of imidazole rings is 1. The molecule has 7 nitrogen and oxygen atoms in total. The number of ether oxygens (including phenoxy) is 1. The Morgan fingerprint density at radius 1 is 1.07 bits per heavy atom. The minimum Gasteiger partial charge on any atom is -0.481 e. The van der Waals surface area contributed by atoms with Crippen LogP contribution in [-0.4, -0.2) is 32.5 Å². The summed E-state index contributed by atoms with van der Waals surface area (Å²) in [5.41, 5.74) is 5.32. The number of anilines is 1. The largest absolute Gasteiger partial charge is 0.481 e. The summed E-state index contributed by atoms with van der Waals surface area (Å²) >= 11 is 0. The van der Waals surface area contributed by atoms with Crippen molar-refractivity contribution in [3.05, 3.63) is 66.2 Å². The molecule has 3 heterocycles. The van der Waals surface area contributed by atoms with Crippen LogP contribution in [-0.2, 0) is 7.05 Å². The molecule has 1 aromatic carbocycles. The van der Waals surface area contributed by atoms with E-state index in [1.807, 2.05) is 44.3 Å². The highest BCUT2D eigenvalue weighted by Gasteiger charge is 2.15. The van der Waals surface area contributed by atoms with Crippen LogP contribution in [0, 0.1) is 6.92 Å². The van der Waals surface area contributed by atoms with E-state index in [-0.39, 0.29) is 5.91 Å². The van der Waals surface area contributed by atoms with Crippen LogP contribution in [0.3, 0.4) is 0 Å². The first-order valence-electron chi connectivity index (χ1n) is 8.75. The zero-order valence-electron chi connectivity index (χ0n) is 15.8. The second-order valence-electron chi connectivity index (χ2n) is 6.46. The monoisotopic (exact) mass is 373 g/mol. The van der Waals surface area contributed by atoms with Gasteiger partial charge in [0.25, 0.3) is 5.91 Å². The number of hydrogen-bond acceptors (Lipinski definition) is 5. The maximum absolute atomic E-state index is 12.9. The quantitative estimate of drug-likeness (QED) is 0.591. The van der Waals surface area contributed by atoms with Gasteiger partial charge in [0.1, 0.15) is 5.52 Å². The average Bonchev–Trinajstić information content (AvgIpc) is 3.11. The Kier molecular flexibility index (Phi) is 4.49. The van der Waals surface area contributed by atoms with Crippen molar-refractivity contribution in [2.24, 2.45) is 7.05 Å². The van der Waals surface area contributed by atoms with Crippen molar-refractivity contribution in [2.45, 2.75) is 6.92 Å². The van der Waals surface area contributed by atoms with E-state index >= 15 is 0 Å². The summed E-state index contributed by atoms with van der Waals surface area (Å²) in [6.45, 7) is 1.95. The van der Waals surface area contributed by atoms with E-state index in [0.29, 0.717) is 22.6 Å². The fourth-order valence-corrected chi connectivity index (χ4v) is 3.01. The van der Waals surface area contributed by atoms with E-state index in [1.165, 1.54) is 0 Å². The van der Waals surface area contributed by atoms with E-state index in [9.17, 15) is 4.79 Å². The number of benzene rings is 1. The van der Waals surface area contributed by atoms with Crippen LogP contribution in [0.15, 0.2) is 55.1 Å². The molecular weight excluding hydrogens is 354 g/mol. The van der Waals surface area contributed by atoms with E-state index in [0.717, 1.165) is 22.4 Å². The summed E-state index contributed by atoms with van der Waals surface area (Å²) in [6.07, 6.45) is 5.01. The van der Waals surface area contributed by atoms with E-state index < -0.39 is 0 Å². The number of carbonyl (C=O) groups excluding carboxylic acids is 1. The average molecular weight is 373 g/mol. The van der Waals surface area contributed by atoms with Gasteiger partial charge >= 0.3 is 0 Å². The summed E-state index contributed by atoms with van der Waals surface area (Å²) in [5, 5.41) is 3.00. The maximum Gasteiger partial charge on any atom is 0.258 e. The number of pyridine rings is 2. The number of aryl methyl sites for hydroxylation is 2. The Morgan fingerprint density at radius 2 is 1.89 bits per heavy atom. The number of aromatic nitrogens is 4. The topological polar surface area (TPSA) is 81.9 Å². The highest BCUT2D eigenvalue weighted by molar-refractivity contribution is 6.11. The van der Waals surface area contributed by atoms with Crippen molar-refractivity contribution in [1.82, 2.24) is 19.5 Å². The molecule has 0 aliphatic heterocycles. The lowest BCUT2D eigenvalue weighted by Crippen LogP contribution is -2.13. The predicted octanol–water partition coefficient (Wildman–Crippen LogP) is 3.60. The van der Waals surface area contributed by atoms with Gasteiger partial charge in [-0.05, 0) is 36.2 Å². The molecule has 3 aromatic heterocycles. The van der Waals surface area contributed by atoms with Gasteiger partial charge < -0.3 is 14.6 Å². The van der Waals surface area contributed by atoms with Crippen molar-refractivity contribution >= 4 is 22.8 Å². The fourth-order valence-electron chi connectivity index (χ4n) is 3.01. The first-order valence-corrected chi connectivity index (χ1v) is 8.75. The van der Waals surface area contributed by atoms with Crippen LogP contribution in [0.1, 0.15) is 15.9 Å². The Bertz CT molecular complexity index is 1170. The number of carbonyl (C=O) groups is 1. The third kappa shape index (κ3) is 3.18. The molecule has 4 aromatic rings. The number of methoxy groups -OCH3 is 1. The minimum atomic E-state index is -0.223. The molecule has 1 N–H and O–H groups in total. The first kappa shape index (κ1) is 17.7. The Labute approximate surface area is 162 Å². The lowest BCUT2D eigenvalue weighted by Gasteiger charge is -2.11. The van der Waals surface area contributed by atoms with Gasteiger partial charge in [0, 0.05) is 36.8 Å². The molecule has 0 bridgehead atoms. The number of fused-ring (bicyclic) bond motifs is 1. The number of amides is 1. The second kappa shape index (κ2) is 7.11. The van der Waals surface area contributed by atoms with Gasteiger partial charge in [0.2, 0.25) is 5.88 Å². The summed E-state index contributed by atoms with van der Waals surface area (Å²) in [5.74, 6) is 0.334. The van der Waals surface area contributed by atoms with Crippen LogP contribution in [0.25, 0.3) is 22.3 Å². The van der Waals surface area contributed by atoms with Crippen molar-refractivity contribution in [3.63, 3.8) is 0 Å². The van der Waals surface area contributed by atoms with Gasteiger partial charge in [0.15, 0.2) is 5.65 Å². The third-order valence-corrected chi connectivity index (χ3v) is 4.61. The smallest absolute Gasteiger partial charge is 0.258 e. The zero-order chi connectivity index (χ0) is 19.7. The van der Waals surface area contributed by atoms with Gasteiger partial charge in [-0.15, -0.1) is 0 Å². The molecule has 0 spiro atoms. The van der Waals surface area contributed by atoms with Gasteiger partial charge in [0.05, 0.1) is 19.0 Å². The summed E-state index contributed by atoms with van der Waals surface area (Å²) in [7, 11) is 3.43. The lowest BCUT2D eigenvalue weighted by molar-refractivity contribution is 0.102. The SMILES string of the molecule is COc1ccc(-c2ccc(C)c(NC(=O)c3ccnc4c3ncn4C)c2)cn1. The van der Waals surface area contributed by atoms with Crippen molar-refractivity contribution < 1.29 is 9.53 Å². The molecule has 0 aliphatic rings. The predicted molar refractivity (Wildman–Crippen MR) is 107 cm³/mol. The zero-order valence-corrected chi connectivity index (χ0v) is 15.8. The normalized spacial score (nSPS) is 10.8. The molecule has 0 radical (unpaired) electrons. The molecule has 0 saturated heterocycles. The molecule has 140 valence electrons. The van der Waals surface area contributed by atoms with E-state index in [2.05, 4.69) is 20.3 Å². The van der Waals surface area contributed by atoms with Crippen LogP contribution in [0.2, 0.25) is 0 Å². The van der Waals surface area contributed by atoms with E-state index in [4.69, 9.17) is 4.74 Å². The highest BCUT2D eigenvalue weighted by atomic mass is 16.5. The second-order valence-corrected chi connectivity index (χ2v) is 6.46. The van der Waals surface area contributed by atoms with E-state index in [1.54, 1.807) is 36.5 Å². The molecule has 1 amide bonds. The van der Waals surface area contributed by atoms with Crippen LogP contribution < -0.4 is 10.1 Å². The minimum absolute atomic E-state index is 0.223. The molecule has 0 atom stereocenters. The standard InChI is InChI=1S/C21H19N5O2/c1-13-4-5-14(15-6-7-18(28-3)23-11-15)10-17(13)25-21(27)16-8-9-22-20-19(16)24-12-26(20)2/h4-12H,1-3H3,(H,25,27). The molecule has 0 saturated carbocycles. The first-order chi connectivity index (χ1) is 13.6. The Balaban J connectivity index is 1.66. The van der Waals surface area contributed by atoms with Crippen molar-refractivity contribution in [1.29, 1.82) is 0 Å². The molecular formula is C21H19N5O2. The van der Waals surface area contributed by atoms with Gasteiger partial charge in [-0.1, -0.05) is 12.1 Å². The third-order valence-electron chi connectivity index (χ3n) is 4.61. The number of rotatable bonds is 4. The van der Waals surface area contributed by atoms with Crippen LogP contribution >= 0.6 is 0 Å². The maximum atomic E-state index is 12.9. The van der Waals surface area contributed by atoms with Crippen LogP contribution in [0.5, 0.6) is 5.88 Å². The number of nitrogens with one attached hydrogen (secondary N) is 1. The molecule has 28 heavy (non-hydrogen) atoms. The fraction of sp³-hybridized carbons (Fsp3) is 0.143. The van der Waals surface area contributed by atoms with Gasteiger partial charge in [-0.2, -0.15) is 0 Å². The molecule has 0 fully saturated rings. The van der Waals surface area contributed by atoms with Gasteiger partial charge in [-0.3, -0.25) is 4.79 Å². The molecule has 7 heteroatoms. The highest BCUT2D eigenvalue weighted by Crippen LogP contribution is 2.27. The molecule has 4 rings (SSSR count). The lowest BCUT2D eigenvalue weighted by atomic mass is 10.0.